The fraction of sp³-hybridized carbons (Fsp3) is 0.286. The Balaban J connectivity index is 2.21. The number of nitrogens with zero attached hydrogens (tertiary/aromatic N) is 2. The van der Waals surface area contributed by atoms with Gasteiger partial charge in [0.2, 0.25) is 0 Å². The van der Waals surface area contributed by atoms with Crippen LogP contribution in [0, 0.1) is 5.82 Å². The molecule has 1 heterocycles. The molecule has 2 aromatic rings. The van der Waals surface area contributed by atoms with E-state index in [0.29, 0.717) is 12.1 Å². The third kappa shape index (κ3) is 3.11. The van der Waals surface area contributed by atoms with E-state index in [1.807, 2.05) is 6.07 Å². The van der Waals surface area contributed by atoms with Crippen LogP contribution in [-0.2, 0) is 6.54 Å². The van der Waals surface area contributed by atoms with E-state index in [1.54, 1.807) is 24.7 Å². The largest absolute Gasteiger partial charge is 0.313 e. The van der Waals surface area contributed by atoms with Gasteiger partial charge < -0.3 is 5.32 Å². The van der Waals surface area contributed by atoms with Crippen molar-refractivity contribution in [2.75, 3.05) is 6.54 Å². The zero-order valence-corrected chi connectivity index (χ0v) is 10.4. The van der Waals surface area contributed by atoms with E-state index >= 15 is 0 Å². The summed E-state index contributed by atoms with van der Waals surface area (Å²) in [7, 11) is 0. The second-order valence-electron chi connectivity index (χ2n) is 4.07. The smallest absolute Gasteiger partial charge is 0.127 e. The predicted octanol–water partition coefficient (Wildman–Crippen LogP) is 2.78. The number of hydrogen-bond acceptors (Lipinski definition) is 3. The molecule has 1 aromatic carbocycles. The maximum Gasteiger partial charge on any atom is 0.127 e. The standard InChI is InChI=1S/C14H16FN3/c1-2-5-16-9-12-8-11(3-4-13(12)15)14-10-17-6-7-18-14/h3-4,6-8,10,16H,2,5,9H2,1H3. The summed E-state index contributed by atoms with van der Waals surface area (Å²) in [4.78, 5) is 8.23. The Hall–Kier alpha value is -1.81. The van der Waals surface area contributed by atoms with Crippen molar-refractivity contribution in [3.05, 3.63) is 48.2 Å². The third-order valence-electron chi connectivity index (χ3n) is 2.65. The summed E-state index contributed by atoms with van der Waals surface area (Å²) in [6, 6.07) is 5.03. The minimum atomic E-state index is -0.189. The van der Waals surface area contributed by atoms with Gasteiger partial charge in [-0.3, -0.25) is 9.97 Å². The topological polar surface area (TPSA) is 37.8 Å². The number of hydrogen-bond donors (Lipinski definition) is 1. The van der Waals surface area contributed by atoms with Crippen molar-refractivity contribution in [2.45, 2.75) is 19.9 Å². The van der Waals surface area contributed by atoms with Crippen LogP contribution >= 0.6 is 0 Å². The molecule has 0 spiro atoms. The van der Waals surface area contributed by atoms with Gasteiger partial charge in [-0.15, -0.1) is 0 Å². The average molecular weight is 245 g/mol. The Morgan fingerprint density at radius 2 is 2.17 bits per heavy atom. The first-order valence-electron chi connectivity index (χ1n) is 6.06. The maximum atomic E-state index is 13.6. The number of rotatable bonds is 5. The Bertz CT molecular complexity index is 500. The lowest BCUT2D eigenvalue weighted by atomic mass is 10.1. The highest BCUT2D eigenvalue weighted by Gasteiger charge is 2.05. The SMILES string of the molecule is CCCNCc1cc(-c2cnccn2)ccc1F. The molecule has 0 aliphatic carbocycles. The molecular formula is C14H16FN3. The van der Waals surface area contributed by atoms with E-state index in [0.717, 1.165) is 24.2 Å². The highest BCUT2D eigenvalue weighted by molar-refractivity contribution is 5.58. The van der Waals surface area contributed by atoms with Crippen molar-refractivity contribution in [3.63, 3.8) is 0 Å². The summed E-state index contributed by atoms with van der Waals surface area (Å²) in [6.07, 6.45) is 5.96. The molecule has 0 aliphatic heterocycles. The molecule has 0 unspecified atom stereocenters. The van der Waals surface area contributed by atoms with Gasteiger partial charge in [0.15, 0.2) is 0 Å². The zero-order valence-electron chi connectivity index (χ0n) is 10.4. The Morgan fingerprint density at radius 1 is 1.28 bits per heavy atom. The molecule has 0 amide bonds. The number of nitrogens with one attached hydrogen (secondary N) is 1. The molecule has 1 N–H and O–H groups in total. The van der Waals surface area contributed by atoms with Crippen LogP contribution < -0.4 is 5.32 Å². The number of aromatic nitrogens is 2. The summed E-state index contributed by atoms with van der Waals surface area (Å²) in [6.45, 7) is 3.50. The lowest BCUT2D eigenvalue weighted by Gasteiger charge is -2.07. The molecule has 0 atom stereocenters. The van der Waals surface area contributed by atoms with Crippen molar-refractivity contribution in [2.24, 2.45) is 0 Å². The van der Waals surface area contributed by atoms with Crippen LogP contribution in [0.5, 0.6) is 0 Å². The highest BCUT2D eigenvalue weighted by Crippen LogP contribution is 2.19. The lowest BCUT2D eigenvalue weighted by Crippen LogP contribution is -2.14. The van der Waals surface area contributed by atoms with E-state index in [9.17, 15) is 4.39 Å². The lowest BCUT2D eigenvalue weighted by molar-refractivity contribution is 0.587. The van der Waals surface area contributed by atoms with Crippen LogP contribution in [0.2, 0.25) is 0 Å². The summed E-state index contributed by atoms with van der Waals surface area (Å²) < 4.78 is 13.6. The zero-order chi connectivity index (χ0) is 12.8. The molecule has 0 aliphatic rings. The first kappa shape index (κ1) is 12.6. The van der Waals surface area contributed by atoms with Gasteiger partial charge in [0, 0.05) is 30.1 Å². The first-order valence-corrected chi connectivity index (χ1v) is 6.06. The summed E-state index contributed by atoms with van der Waals surface area (Å²) in [5, 5.41) is 3.19. The number of halogens is 1. The minimum absolute atomic E-state index is 0.189. The normalized spacial score (nSPS) is 10.6. The average Bonchev–Trinajstić information content (AvgIpc) is 2.42. The van der Waals surface area contributed by atoms with Gasteiger partial charge in [-0.2, -0.15) is 0 Å². The monoisotopic (exact) mass is 245 g/mol. The molecule has 18 heavy (non-hydrogen) atoms. The summed E-state index contributed by atoms with van der Waals surface area (Å²) in [5.41, 5.74) is 2.30. The molecule has 0 bridgehead atoms. The Labute approximate surface area is 106 Å². The summed E-state index contributed by atoms with van der Waals surface area (Å²) >= 11 is 0. The molecule has 0 saturated carbocycles. The van der Waals surface area contributed by atoms with E-state index < -0.39 is 0 Å². The molecule has 0 radical (unpaired) electrons. The second-order valence-corrected chi connectivity index (χ2v) is 4.07. The maximum absolute atomic E-state index is 13.6. The molecule has 4 heteroatoms. The molecule has 1 aromatic heterocycles. The number of benzene rings is 1. The van der Waals surface area contributed by atoms with Crippen LogP contribution in [0.1, 0.15) is 18.9 Å². The second kappa shape index (κ2) is 6.21. The summed E-state index contributed by atoms with van der Waals surface area (Å²) in [5.74, 6) is -0.189. The van der Waals surface area contributed by atoms with Gasteiger partial charge in [0.1, 0.15) is 5.82 Å². The molecule has 94 valence electrons. The van der Waals surface area contributed by atoms with Crippen LogP contribution in [-0.4, -0.2) is 16.5 Å². The van der Waals surface area contributed by atoms with Gasteiger partial charge in [0.25, 0.3) is 0 Å². The van der Waals surface area contributed by atoms with Crippen molar-refractivity contribution < 1.29 is 4.39 Å². The van der Waals surface area contributed by atoms with Crippen molar-refractivity contribution in [1.29, 1.82) is 0 Å². The van der Waals surface area contributed by atoms with Crippen molar-refractivity contribution in [3.8, 4) is 11.3 Å². The van der Waals surface area contributed by atoms with Crippen LogP contribution in [0.4, 0.5) is 4.39 Å². The molecule has 2 rings (SSSR count). The predicted molar refractivity (Wildman–Crippen MR) is 69.4 cm³/mol. The van der Waals surface area contributed by atoms with Gasteiger partial charge in [-0.05, 0) is 31.2 Å². The van der Waals surface area contributed by atoms with Crippen LogP contribution in [0.3, 0.4) is 0 Å². The first-order chi connectivity index (χ1) is 8.81. The minimum Gasteiger partial charge on any atom is -0.313 e. The molecule has 0 fully saturated rings. The van der Waals surface area contributed by atoms with E-state index in [1.165, 1.54) is 6.07 Å². The van der Waals surface area contributed by atoms with Gasteiger partial charge in [-0.25, -0.2) is 4.39 Å². The molecular weight excluding hydrogens is 229 g/mol. The third-order valence-corrected chi connectivity index (χ3v) is 2.65. The van der Waals surface area contributed by atoms with E-state index in [-0.39, 0.29) is 5.82 Å². The van der Waals surface area contributed by atoms with Gasteiger partial charge in [0.05, 0.1) is 11.9 Å². The quantitative estimate of drug-likeness (QED) is 0.823. The van der Waals surface area contributed by atoms with Gasteiger partial charge in [-0.1, -0.05) is 6.92 Å². The van der Waals surface area contributed by atoms with Gasteiger partial charge >= 0.3 is 0 Å². The van der Waals surface area contributed by atoms with Crippen molar-refractivity contribution in [1.82, 2.24) is 15.3 Å². The fourth-order valence-electron chi connectivity index (χ4n) is 1.72. The van der Waals surface area contributed by atoms with Crippen molar-refractivity contribution >= 4 is 0 Å². The van der Waals surface area contributed by atoms with E-state index in [4.69, 9.17) is 0 Å². The molecule has 3 nitrogen and oxygen atoms in total. The fourth-order valence-corrected chi connectivity index (χ4v) is 1.72. The molecule has 0 saturated heterocycles. The van der Waals surface area contributed by atoms with E-state index in [2.05, 4.69) is 22.2 Å². The van der Waals surface area contributed by atoms with Crippen LogP contribution in [0.15, 0.2) is 36.8 Å². The van der Waals surface area contributed by atoms with Crippen LogP contribution in [0.25, 0.3) is 11.3 Å². The highest BCUT2D eigenvalue weighted by atomic mass is 19.1. The Morgan fingerprint density at radius 3 is 2.89 bits per heavy atom. The Kier molecular flexibility index (Phi) is 4.36.